The van der Waals surface area contributed by atoms with E-state index in [2.05, 4.69) is 0 Å². The van der Waals surface area contributed by atoms with Crippen LogP contribution in [0.1, 0.15) is 35.7 Å². The van der Waals surface area contributed by atoms with Crippen LogP contribution < -0.4 is 9.64 Å². The fraction of sp³-hybridized carbons (Fsp3) is 0.280. The molecule has 0 bridgehead atoms. The SMILES string of the molecule is CCOc1ccc2ccccc2c1C(=O)N(CN1CCCC1=O)c1ccc(C)cc1. The number of ether oxygens (including phenoxy) is 1. The molecule has 1 heterocycles. The number of nitrogens with zero attached hydrogens (tertiary/aromatic N) is 2. The lowest BCUT2D eigenvalue weighted by molar-refractivity contribution is -0.127. The number of rotatable bonds is 6. The first-order valence-corrected chi connectivity index (χ1v) is 10.4. The van der Waals surface area contributed by atoms with E-state index in [9.17, 15) is 9.59 Å². The monoisotopic (exact) mass is 402 g/mol. The summed E-state index contributed by atoms with van der Waals surface area (Å²) in [5, 5.41) is 1.82. The molecule has 3 aromatic rings. The maximum absolute atomic E-state index is 13.9. The third kappa shape index (κ3) is 3.88. The highest BCUT2D eigenvalue weighted by molar-refractivity contribution is 6.16. The lowest BCUT2D eigenvalue weighted by Gasteiger charge is -2.29. The van der Waals surface area contributed by atoms with Crippen molar-refractivity contribution in [2.45, 2.75) is 26.7 Å². The molecule has 0 radical (unpaired) electrons. The van der Waals surface area contributed by atoms with Gasteiger partial charge in [-0.2, -0.15) is 0 Å². The van der Waals surface area contributed by atoms with Crippen molar-refractivity contribution in [1.29, 1.82) is 0 Å². The molecule has 0 aliphatic carbocycles. The minimum Gasteiger partial charge on any atom is -0.493 e. The molecule has 0 aromatic heterocycles. The average Bonchev–Trinajstić information content (AvgIpc) is 3.17. The Labute approximate surface area is 176 Å². The highest BCUT2D eigenvalue weighted by Gasteiger charge is 2.29. The molecule has 1 aliphatic heterocycles. The van der Waals surface area contributed by atoms with Gasteiger partial charge in [0.15, 0.2) is 0 Å². The number of hydrogen-bond donors (Lipinski definition) is 0. The van der Waals surface area contributed by atoms with E-state index in [0.717, 1.165) is 28.4 Å². The molecule has 154 valence electrons. The molecule has 30 heavy (non-hydrogen) atoms. The average molecular weight is 402 g/mol. The smallest absolute Gasteiger partial charge is 0.264 e. The number of hydrogen-bond acceptors (Lipinski definition) is 3. The molecule has 5 heteroatoms. The van der Waals surface area contributed by atoms with E-state index in [1.807, 2.05) is 74.5 Å². The molecule has 5 nitrogen and oxygen atoms in total. The van der Waals surface area contributed by atoms with Gasteiger partial charge in [0.25, 0.3) is 5.91 Å². The number of anilines is 1. The lowest BCUT2D eigenvalue weighted by Crippen LogP contribution is -2.42. The van der Waals surface area contributed by atoms with Gasteiger partial charge in [-0.1, -0.05) is 48.0 Å². The number of fused-ring (bicyclic) bond motifs is 1. The maximum atomic E-state index is 13.9. The van der Waals surface area contributed by atoms with Crippen molar-refractivity contribution in [3.05, 3.63) is 71.8 Å². The van der Waals surface area contributed by atoms with Crippen molar-refractivity contribution in [3.63, 3.8) is 0 Å². The lowest BCUT2D eigenvalue weighted by atomic mass is 10.0. The van der Waals surface area contributed by atoms with Gasteiger partial charge in [-0.05, 0) is 49.2 Å². The normalized spacial score (nSPS) is 13.7. The number of amides is 2. The van der Waals surface area contributed by atoms with Crippen molar-refractivity contribution >= 4 is 28.3 Å². The molecule has 1 fully saturated rings. The topological polar surface area (TPSA) is 49.9 Å². The van der Waals surface area contributed by atoms with Gasteiger partial charge in [-0.15, -0.1) is 0 Å². The Balaban J connectivity index is 1.82. The van der Waals surface area contributed by atoms with Crippen LogP contribution >= 0.6 is 0 Å². The second-order valence-corrected chi connectivity index (χ2v) is 7.56. The van der Waals surface area contributed by atoms with E-state index >= 15 is 0 Å². The highest BCUT2D eigenvalue weighted by Crippen LogP contribution is 2.31. The van der Waals surface area contributed by atoms with Crippen molar-refractivity contribution < 1.29 is 14.3 Å². The summed E-state index contributed by atoms with van der Waals surface area (Å²) < 4.78 is 5.83. The summed E-state index contributed by atoms with van der Waals surface area (Å²) in [5.41, 5.74) is 2.41. The van der Waals surface area contributed by atoms with Gasteiger partial charge in [0.05, 0.1) is 12.2 Å². The largest absolute Gasteiger partial charge is 0.493 e. The molecule has 0 spiro atoms. The van der Waals surface area contributed by atoms with E-state index in [4.69, 9.17) is 4.74 Å². The van der Waals surface area contributed by atoms with Gasteiger partial charge in [-0.3, -0.25) is 14.5 Å². The zero-order valence-electron chi connectivity index (χ0n) is 17.4. The number of carbonyl (C=O) groups is 2. The Kier molecular flexibility index (Phi) is 5.70. The number of carbonyl (C=O) groups excluding carboxylic acids is 2. The van der Waals surface area contributed by atoms with E-state index in [1.165, 1.54) is 0 Å². The van der Waals surface area contributed by atoms with Crippen LogP contribution in [-0.4, -0.2) is 36.5 Å². The van der Waals surface area contributed by atoms with E-state index in [0.29, 0.717) is 30.9 Å². The van der Waals surface area contributed by atoms with Crippen molar-refractivity contribution in [1.82, 2.24) is 4.90 Å². The summed E-state index contributed by atoms with van der Waals surface area (Å²) in [6, 6.07) is 19.5. The molecular formula is C25H26N2O3. The zero-order valence-corrected chi connectivity index (χ0v) is 17.4. The first-order valence-electron chi connectivity index (χ1n) is 10.4. The van der Waals surface area contributed by atoms with Gasteiger partial charge >= 0.3 is 0 Å². The van der Waals surface area contributed by atoms with Crippen LogP contribution in [0.3, 0.4) is 0 Å². The van der Waals surface area contributed by atoms with E-state index in [-0.39, 0.29) is 18.5 Å². The molecule has 0 saturated carbocycles. The van der Waals surface area contributed by atoms with Crippen LogP contribution in [0.2, 0.25) is 0 Å². The Bertz CT molecular complexity index is 1080. The van der Waals surface area contributed by atoms with Crippen molar-refractivity contribution in [2.24, 2.45) is 0 Å². The van der Waals surface area contributed by atoms with Gasteiger partial charge in [0.1, 0.15) is 12.4 Å². The summed E-state index contributed by atoms with van der Waals surface area (Å²) >= 11 is 0. The second-order valence-electron chi connectivity index (χ2n) is 7.56. The molecule has 0 unspecified atom stereocenters. The summed E-state index contributed by atoms with van der Waals surface area (Å²) in [6.45, 7) is 5.29. The minimum absolute atomic E-state index is 0.0860. The third-order valence-corrected chi connectivity index (χ3v) is 5.48. The summed E-state index contributed by atoms with van der Waals surface area (Å²) in [4.78, 5) is 29.7. The second kappa shape index (κ2) is 8.57. The molecule has 0 atom stereocenters. The predicted molar refractivity (Wildman–Crippen MR) is 119 cm³/mol. The van der Waals surface area contributed by atoms with Crippen LogP contribution in [-0.2, 0) is 4.79 Å². The number of benzene rings is 3. The fourth-order valence-electron chi connectivity index (χ4n) is 3.89. The molecule has 1 saturated heterocycles. The quantitative estimate of drug-likeness (QED) is 0.597. The van der Waals surface area contributed by atoms with Gasteiger partial charge < -0.3 is 9.64 Å². The summed E-state index contributed by atoms with van der Waals surface area (Å²) in [7, 11) is 0. The van der Waals surface area contributed by atoms with Crippen molar-refractivity contribution in [3.8, 4) is 5.75 Å². The Morgan fingerprint density at radius 3 is 2.53 bits per heavy atom. The summed E-state index contributed by atoms with van der Waals surface area (Å²) in [5.74, 6) is 0.479. The first kappa shape index (κ1) is 20.0. The van der Waals surface area contributed by atoms with Gasteiger partial charge in [0.2, 0.25) is 5.91 Å². The van der Waals surface area contributed by atoms with Crippen LogP contribution in [0.25, 0.3) is 10.8 Å². The van der Waals surface area contributed by atoms with E-state index < -0.39 is 0 Å². The van der Waals surface area contributed by atoms with Gasteiger partial charge in [0, 0.05) is 18.7 Å². The highest BCUT2D eigenvalue weighted by atomic mass is 16.5. The molecule has 2 amide bonds. The van der Waals surface area contributed by atoms with Crippen LogP contribution in [0.15, 0.2) is 60.7 Å². The molecule has 4 rings (SSSR count). The third-order valence-electron chi connectivity index (χ3n) is 5.48. The van der Waals surface area contributed by atoms with E-state index in [1.54, 1.807) is 9.80 Å². The molecular weight excluding hydrogens is 376 g/mol. The molecule has 3 aromatic carbocycles. The minimum atomic E-state index is -0.168. The number of aryl methyl sites for hydroxylation is 1. The maximum Gasteiger partial charge on any atom is 0.264 e. The predicted octanol–water partition coefficient (Wildman–Crippen LogP) is 4.77. The van der Waals surface area contributed by atoms with Crippen molar-refractivity contribution in [2.75, 3.05) is 24.7 Å². The number of likely N-dealkylation sites (tertiary alicyclic amines) is 1. The van der Waals surface area contributed by atoms with Crippen LogP contribution in [0.5, 0.6) is 5.75 Å². The molecule has 0 N–H and O–H groups in total. The first-order chi connectivity index (χ1) is 14.6. The Morgan fingerprint density at radius 2 is 1.83 bits per heavy atom. The molecule has 1 aliphatic rings. The van der Waals surface area contributed by atoms with Crippen LogP contribution in [0.4, 0.5) is 5.69 Å². The standard InChI is InChI=1S/C25H26N2O3/c1-3-30-22-15-12-19-7-4-5-8-21(19)24(22)25(29)27(17-26-16-6-9-23(26)28)20-13-10-18(2)11-14-20/h4-5,7-8,10-15H,3,6,9,16-17H2,1-2H3. The zero-order chi connectivity index (χ0) is 21.1. The Morgan fingerprint density at radius 1 is 1.07 bits per heavy atom. The van der Waals surface area contributed by atoms with Gasteiger partial charge in [-0.25, -0.2) is 0 Å². The Hall–Kier alpha value is -3.34. The fourth-order valence-corrected chi connectivity index (χ4v) is 3.89. The summed E-state index contributed by atoms with van der Waals surface area (Å²) in [6.07, 6.45) is 1.36. The van der Waals surface area contributed by atoms with Crippen LogP contribution in [0, 0.1) is 6.92 Å².